The summed E-state index contributed by atoms with van der Waals surface area (Å²) in [5.41, 5.74) is 0. The summed E-state index contributed by atoms with van der Waals surface area (Å²) < 4.78 is 5.63. The molecule has 272 valence electrons. The summed E-state index contributed by atoms with van der Waals surface area (Å²) in [5.74, 6) is 2.39. The van der Waals surface area contributed by atoms with Gasteiger partial charge in [0.05, 0.1) is 6.61 Å². The van der Waals surface area contributed by atoms with E-state index in [1.54, 1.807) is 11.8 Å². The highest BCUT2D eigenvalue weighted by Crippen LogP contribution is 2.24. The van der Waals surface area contributed by atoms with Crippen LogP contribution in [0.2, 0.25) is 0 Å². The van der Waals surface area contributed by atoms with Crippen LogP contribution in [0.15, 0.2) is 0 Å². The molecule has 0 aromatic carbocycles. The zero-order valence-electron chi connectivity index (χ0n) is 31.3. The van der Waals surface area contributed by atoms with Gasteiger partial charge in [0.2, 0.25) is 0 Å². The molecule has 0 saturated carbocycles. The van der Waals surface area contributed by atoms with Gasteiger partial charge in [0, 0.05) is 25.3 Å². The van der Waals surface area contributed by atoms with Crippen LogP contribution in [0.25, 0.3) is 0 Å². The van der Waals surface area contributed by atoms with Crippen LogP contribution in [0.1, 0.15) is 188 Å². The lowest BCUT2D eigenvalue weighted by Crippen LogP contribution is -2.33. The molecule has 0 aliphatic carbocycles. The van der Waals surface area contributed by atoms with Gasteiger partial charge in [-0.25, -0.2) is 0 Å². The molecule has 1 aliphatic heterocycles. The molecule has 0 unspecified atom stereocenters. The third-order valence-corrected chi connectivity index (χ3v) is 11.2. The molecule has 0 N–H and O–H groups in total. The van der Waals surface area contributed by atoms with E-state index in [9.17, 15) is 9.59 Å². The van der Waals surface area contributed by atoms with Crippen molar-refractivity contribution >= 4 is 23.0 Å². The number of likely N-dealkylation sites (tertiary alicyclic amines) is 1. The monoisotopic (exact) mass is 667 g/mol. The highest BCUT2D eigenvalue weighted by atomic mass is 32.2. The molecule has 1 saturated heterocycles. The topological polar surface area (TPSA) is 49.9 Å². The number of esters is 1. The molecule has 6 heteroatoms. The van der Waals surface area contributed by atoms with E-state index in [4.69, 9.17) is 4.74 Å². The molecule has 0 aromatic heterocycles. The van der Waals surface area contributed by atoms with E-state index >= 15 is 0 Å². The van der Waals surface area contributed by atoms with Crippen LogP contribution in [0, 0.1) is 11.8 Å². The van der Waals surface area contributed by atoms with Gasteiger partial charge in [0.15, 0.2) is 0 Å². The predicted octanol–water partition coefficient (Wildman–Crippen LogP) is 12.1. The van der Waals surface area contributed by atoms with Crippen molar-refractivity contribution in [2.75, 3.05) is 45.6 Å². The van der Waals surface area contributed by atoms with Crippen molar-refractivity contribution < 1.29 is 14.3 Å². The molecule has 1 fully saturated rings. The lowest BCUT2D eigenvalue weighted by molar-refractivity contribution is -0.144. The fourth-order valence-electron chi connectivity index (χ4n) is 6.73. The summed E-state index contributed by atoms with van der Waals surface area (Å²) in [6, 6.07) is 0. The van der Waals surface area contributed by atoms with E-state index in [0.29, 0.717) is 24.2 Å². The van der Waals surface area contributed by atoms with E-state index in [-0.39, 0.29) is 5.97 Å². The van der Waals surface area contributed by atoms with Crippen molar-refractivity contribution in [2.24, 2.45) is 11.8 Å². The number of carbonyl (C=O) groups excluding carboxylic acids is 2. The van der Waals surface area contributed by atoms with Crippen LogP contribution >= 0.6 is 11.8 Å². The Bertz CT molecular complexity index is 688. The summed E-state index contributed by atoms with van der Waals surface area (Å²) >= 11 is 1.59. The number of rotatable bonds is 31. The van der Waals surface area contributed by atoms with Crippen LogP contribution < -0.4 is 0 Å². The Hall–Kier alpha value is -0.750. The Morgan fingerprint density at radius 2 is 1.15 bits per heavy atom. The van der Waals surface area contributed by atoms with Gasteiger partial charge in [-0.3, -0.25) is 9.59 Å². The van der Waals surface area contributed by atoms with Gasteiger partial charge in [-0.1, -0.05) is 155 Å². The second-order valence-electron chi connectivity index (χ2n) is 14.5. The minimum atomic E-state index is -0.00581. The summed E-state index contributed by atoms with van der Waals surface area (Å²) in [6.45, 7) is 11.6. The fourth-order valence-corrected chi connectivity index (χ4v) is 7.81. The number of unbranched alkanes of at least 4 members (excludes halogenated alkanes) is 16. The fraction of sp³-hybridized carbons (Fsp3) is 0.950. The molecule has 5 nitrogen and oxygen atoms in total. The van der Waals surface area contributed by atoms with E-state index in [0.717, 1.165) is 56.9 Å². The molecule has 1 rings (SSSR count). The number of hydrogen-bond acceptors (Lipinski definition) is 5. The number of piperidine rings is 1. The smallest absolute Gasteiger partial charge is 0.305 e. The van der Waals surface area contributed by atoms with Crippen LogP contribution in [0.5, 0.6) is 0 Å². The number of carbonyl (C=O) groups is 2. The maximum Gasteiger partial charge on any atom is 0.305 e. The molecule has 1 heterocycles. The Balaban J connectivity index is 2.23. The van der Waals surface area contributed by atoms with Gasteiger partial charge < -0.3 is 14.5 Å². The van der Waals surface area contributed by atoms with E-state index < -0.39 is 0 Å². The third kappa shape index (κ3) is 25.3. The average Bonchev–Trinajstić information content (AvgIpc) is 3.05. The lowest BCUT2D eigenvalue weighted by atomic mass is 9.92. The van der Waals surface area contributed by atoms with E-state index in [1.165, 1.54) is 142 Å². The van der Waals surface area contributed by atoms with Crippen LogP contribution in [0.4, 0.5) is 4.79 Å². The largest absolute Gasteiger partial charge is 0.466 e. The van der Waals surface area contributed by atoms with Gasteiger partial charge in [-0.05, 0) is 70.5 Å². The van der Waals surface area contributed by atoms with Crippen molar-refractivity contribution in [3.8, 4) is 0 Å². The Morgan fingerprint density at radius 3 is 1.70 bits per heavy atom. The quantitative estimate of drug-likeness (QED) is 0.0544. The zero-order chi connectivity index (χ0) is 33.5. The molecule has 0 radical (unpaired) electrons. The second kappa shape index (κ2) is 31.5. The second-order valence-corrected chi connectivity index (χ2v) is 15.5. The molecular weight excluding hydrogens is 589 g/mol. The Kier molecular flexibility index (Phi) is 29.6. The van der Waals surface area contributed by atoms with Crippen molar-refractivity contribution in [2.45, 2.75) is 188 Å². The lowest BCUT2D eigenvalue weighted by Gasteiger charge is -2.29. The maximum absolute atomic E-state index is 13.2. The number of hydrogen-bond donors (Lipinski definition) is 0. The summed E-state index contributed by atoms with van der Waals surface area (Å²) in [5, 5.41) is 0.314. The van der Waals surface area contributed by atoms with E-state index in [2.05, 4.69) is 37.6 Å². The summed E-state index contributed by atoms with van der Waals surface area (Å²) in [6.07, 6.45) is 31.5. The minimum Gasteiger partial charge on any atom is -0.466 e. The van der Waals surface area contributed by atoms with Gasteiger partial charge >= 0.3 is 5.97 Å². The Morgan fingerprint density at radius 1 is 0.674 bits per heavy atom. The molecule has 1 aliphatic rings. The van der Waals surface area contributed by atoms with Crippen molar-refractivity contribution in [3.63, 3.8) is 0 Å². The first kappa shape index (κ1) is 43.3. The molecule has 0 bridgehead atoms. The first-order valence-electron chi connectivity index (χ1n) is 20.3. The Labute approximate surface area is 291 Å². The highest BCUT2D eigenvalue weighted by molar-refractivity contribution is 8.13. The number of ether oxygens (including phenoxy) is 1. The van der Waals surface area contributed by atoms with Gasteiger partial charge in [-0.15, -0.1) is 0 Å². The normalized spacial score (nSPS) is 14.3. The molecular formula is C40H78N2O3S. The molecule has 0 aromatic rings. The first-order valence-corrected chi connectivity index (χ1v) is 21.2. The standard InChI is InChI=1S/C40H78N2O3S/c1-5-8-11-12-13-15-18-23-31-42(40(44)46-36-38-28-33-41(4)34-29-38)32-24-19-16-14-17-22-27-39(43)45-35-30-37(25-20-9-6-2)26-21-10-7-3/h37-38H,5-36H2,1-4H3. The van der Waals surface area contributed by atoms with Crippen LogP contribution in [-0.4, -0.2) is 66.6 Å². The summed E-state index contributed by atoms with van der Waals surface area (Å²) in [4.78, 5) is 30.1. The highest BCUT2D eigenvalue weighted by Gasteiger charge is 2.20. The zero-order valence-corrected chi connectivity index (χ0v) is 32.1. The summed E-state index contributed by atoms with van der Waals surface area (Å²) in [7, 11) is 2.20. The SMILES string of the molecule is CCCCCCCCCCN(CCCCCCCCC(=O)OCCC(CCCCC)CCCCC)C(=O)SCC1CCN(C)CC1. The maximum atomic E-state index is 13.2. The number of amides is 1. The number of nitrogens with zero attached hydrogens (tertiary/aromatic N) is 2. The average molecular weight is 667 g/mol. The van der Waals surface area contributed by atoms with Crippen molar-refractivity contribution in [1.82, 2.24) is 9.80 Å². The van der Waals surface area contributed by atoms with Crippen molar-refractivity contribution in [3.05, 3.63) is 0 Å². The predicted molar refractivity (Wildman–Crippen MR) is 202 cm³/mol. The first-order chi connectivity index (χ1) is 22.5. The molecule has 0 spiro atoms. The van der Waals surface area contributed by atoms with Crippen LogP contribution in [-0.2, 0) is 9.53 Å². The number of thioether (sulfide) groups is 1. The van der Waals surface area contributed by atoms with Gasteiger partial charge in [0.25, 0.3) is 5.24 Å². The molecule has 0 atom stereocenters. The third-order valence-electron chi connectivity index (χ3n) is 10.1. The van der Waals surface area contributed by atoms with Crippen LogP contribution in [0.3, 0.4) is 0 Å². The minimum absolute atomic E-state index is 0.00581. The van der Waals surface area contributed by atoms with E-state index in [1.807, 2.05) is 0 Å². The van der Waals surface area contributed by atoms with Gasteiger partial charge in [-0.2, -0.15) is 0 Å². The van der Waals surface area contributed by atoms with Gasteiger partial charge in [0.1, 0.15) is 0 Å². The molecule has 1 amide bonds. The molecule has 46 heavy (non-hydrogen) atoms. The van der Waals surface area contributed by atoms with Crippen molar-refractivity contribution in [1.29, 1.82) is 0 Å².